The quantitative estimate of drug-likeness (QED) is 0.646. The zero-order valence-electron chi connectivity index (χ0n) is 7.01. The van der Waals surface area contributed by atoms with Gasteiger partial charge in [-0.25, -0.2) is 9.97 Å². The van der Waals surface area contributed by atoms with E-state index < -0.39 is 6.10 Å². The molecule has 3 heterocycles. The first-order valence-corrected chi connectivity index (χ1v) is 4.35. The molecule has 0 amide bonds. The largest absolute Gasteiger partial charge is 0.385 e. The van der Waals surface area contributed by atoms with Crippen LogP contribution in [0.4, 0.5) is 0 Å². The summed E-state index contributed by atoms with van der Waals surface area (Å²) in [6.07, 6.45) is 2.10. The summed E-state index contributed by atoms with van der Waals surface area (Å²) >= 11 is 0. The molecule has 66 valence electrons. The van der Waals surface area contributed by atoms with E-state index in [2.05, 4.69) is 9.97 Å². The molecule has 0 fully saturated rings. The molecule has 1 atom stereocenters. The second-order valence-corrected chi connectivity index (χ2v) is 3.27. The lowest BCUT2D eigenvalue weighted by molar-refractivity contribution is 0.176. The van der Waals surface area contributed by atoms with Crippen LogP contribution in [0, 0.1) is 0 Å². The highest BCUT2D eigenvalue weighted by molar-refractivity contribution is 5.71. The fourth-order valence-corrected chi connectivity index (χ4v) is 1.83. The van der Waals surface area contributed by atoms with Crippen LogP contribution < -0.4 is 0 Å². The van der Waals surface area contributed by atoms with Gasteiger partial charge in [-0.05, 0) is 18.6 Å². The summed E-state index contributed by atoms with van der Waals surface area (Å²) in [6.45, 7) is 0.823. The normalized spacial score (nSPS) is 20.8. The molecule has 1 unspecified atom stereocenters. The standard InChI is InChI=1S/C9H9N3O/c13-7-3-5-12-8-6(11-9(7)12)2-1-4-10-8/h1-2,4,7,13H,3,5H2. The van der Waals surface area contributed by atoms with Gasteiger partial charge in [0.15, 0.2) is 5.65 Å². The minimum Gasteiger partial charge on any atom is -0.385 e. The molecule has 0 radical (unpaired) electrons. The van der Waals surface area contributed by atoms with Crippen LogP contribution in [0.3, 0.4) is 0 Å². The van der Waals surface area contributed by atoms with E-state index in [1.807, 2.05) is 16.7 Å². The summed E-state index contributed by atoms with van der Waals surface area (Å²) in [5.74, 6) is 0.758. The van der Waals surface area contributed by atoms with E-state index in [0.717, 1.165) is 30.0 Å². The van der Waals surface area contributed by atoms with Crippen LogP contribution in [0.2, 0.25) is 0 Å². The molecule has 2 aromatic heterocycles. The van der Waals surface area contributed by atoms with Crippen molar-refractivity contribution >= 4 is 11.2 Å². The van der Waals surface area contributed by atoms with Gasteiger partial charge in [0, 0.05) is 12.7 Å². The van der Waals surface area contributed by atoms with E-state index in [1.54, 1.807) is 6.20 Å². The van der Waals surface area contributed by atoms with Gasteiger partial charge >= 0.3 is 0 Å². The smallest absolute Gasteiger partial charge is 0.160 e. The monoisotopic (exact) mass is 175 g/mol. The van der Waals surface area contributed by atoms with Gasteiger partial charge in [-0.1, -0.05) is 0 Å². The molecular formula is C9H9N3O. The molecular weight excluding hydrogens is 166 g/mol. The van der Waals surface area contributed by atoms with Gasteiger partial charge < -0.3 is 9.67 Å². The summed E-state index contributed by atoms with van der Waals surface area (Å²) in [5, 5.41) is 9.57. The Morgan fingerprint density at radius 2 is 2.46 bits per heavy atom. The first kappa shape index (κ1) is 7.03. The molecule has 0 bridgehead atoms. The predicted octanol–water partition coefficient (Wildman–Crippen LogP) is 0.868. The highest BCUT2D eigenvalue weighted by Crippen LogP contribution is 2.27. The van der Waals surface area contributed by atoms with E-state index in [-0.39, 0.29) is 0 Å². The second kappa shape index (κ2) is 2.29. The molecule has 0 aliphatic carbocycles. The van der Waals surface area contributed by atoms with Crippen molar-refractivity contribution < 1.29 is 5.11 Å². The van der Waals surface area contributed by atoms with Crippen LogP contribution in [-0.4, -0.2) is 19.6 Å². The molecule has 0 spiro atoms. The molecule has 1 N–H and O–H groups in total. The van der Waals surface area contributed by atoms with Gasteiger partial charge in [0.25, 0.3) is 0 Å². The predicted molar refractivity (Wildman–Crippen MR) is 47.1 cm³/mol. The van der Waals surface area contributed by atoms with E-state index in [9.17, 15) is 5.11 Å². The molecule has 4 heteroatoms. The third kappa shape index (κ3) is 0.833. The number of aryl methyl sites for hydroxylation is 1. The Bertz CT molecular complexity index is 463. The molecule has 1 aliphatic heterocycles. The number of aliphatic hydroxyl groups is 1. The SMILES string of the molecule is OC1CCn2c1nc1cccnc12. The number of nitrogens with zero attached hydrogens (tertiary/aromatic N) is 3. The van der Waals surface area contributed by atoms with E-state index in [1.165, 1.54) is 0 Å². The molecule has 1 aliphatic rings. The number of pyridine rings is 1. The van der Waals surface area contributed by atoms with Crippen LogP contribution in [0.1, 0.15) is 18.3 Å². The summed E-state index contributed by atoms with van der Waals surface area (Å²) in [4.78, 5) is 8.56. The molecule has 2 aromatic rings. The number of imidazole rings is 1. The number of aliphatic hydroxyl groups excluding tert-OH is 1. The zero-order valence-corrected chi connectivity index (χ0v) is 7.01. The molecule has 3 rings (SSSR count). The fourth-order valence-electron chi connectivity index (χ4n) is 1.83. The van der Waals surface area contributed by atoms with Crippen molar-refractivity contribution in [2.45, 2.75) is 19.1 Å². The summed E-state index contributed by atoms with van der Waals surface area (Å²) < 4.78 is 1.99. The van der Waals surface area contributed by atoms with Crippen LogP contribution >= 0.6 is 0 Å². The lowest BCUT2D eigenvalue weighted by Crippen LogP contribution is -1.94. The van der Waals surface area contributed by atoms with Crippen LogP contribution in [-0.2, 0) is 6.54 Å². The Kier molecular flexibility index (Phi) is 1.24. The van der Waals surface area contributed by atoms with Gasteiger partial charge in [0.1, 0.15) is 17.4 Å². The van der Waals surface area contributed by atoms with Crippen molar-refractivity contribution in [3.05, 3.63) is 24.2 Å². The van der Waals surface area contributed by atoms with Crippen molar-refractivity contribution in [3.8, 4) is 0 Å². The summed E-state index contributed by atoms with van der Waals surface area (Å²) in [6, 6.07) is 3.78. The highest BCUT2D eigenvalue weighted by atomic mass is 16.3. The Morgan fingerprint density at radius 1 is 1.54 bits per heavy atom. The Hall–Kier alpha value is -1.42. The Morgan fingerprint density at radius 3 is 3.38 bits per heavy atom. The van der Waals surface area contributed by atoms with Crippen molar-refractivity contribution in [2.75, 3.05) is 0 Å². The maximum absolute atomic E-state index is 9.57. The average Bonchev–Trinajstić information content (AvgIpc) is 2.67. The number of hydrogen-bond donors (Lipinski definition) is 1. The second-order valence-electron chi connectivity index (χ2n) is 3.27. The Balaban J connectivity index is 2.38. The first-order valence-electron chi connectivity index (χ1n) is 4.35. The number of hydrogen-bond acceptors (Lipinski definition) is 3. The van der Waals surface area contributed by atoms with Crippen molar-refractivity contribution in [1.82, 2.24) is 14.5 Å². The lowest BCUT2D eigenvalue weighted by atomic mass is 10.3. The van der Waals surface area contributed by atoms with Crippen LogP contribution in [0.25, 0.3) is 11.2 Å². The van der Waals surface area contributed by atoms with Gasteiger partial charge in [-0.15, -0.1) is 0 Å². The van der Waals surface area contributed by atoms with E-state index in [0.29, 0.717) is 0 Å². The maximum atomic E-state index is 9.57. The van der Waals surface area contributed by atoms with Gasteiger partial charge in [0.05, 0.1) is 0 Å². The maximum Gasteiger partial charge on any atom is 0.160 e. The van der Waals surface area contributed by atoms with Gasteiger partial charge in [0.2, 0.25) is 0 Å². The third-order valence-electron chi connectivity index (χ3n) is 2.46. The van der Waals surface area contributed by atoms with Gasteiger partial charge in [-0.3, -0.25) is 0 Å². The van der Waals surface area contributed by atoms with E-state index >= 15 is 0 Å². The number of aromatic nitrogens is 3. The first-order chi connectivity index (χ1) is 6.36. The summed E-state index contributed by atoms with van der Waals surface area (Å²) in [5.41, 5.74) is 1.75. The molecule has 0 saturated carbocycles. The van der Waals surface area contributed by atoms with Crippen molar-refractivity contribution in [2.24, 2.45) is 0 Å². The highest BCUT2D eigenvalue weighted by Gasteiger charge is 2.24. The lowest BCUT2D eigenvalue weighted by Gasteiger charge is -1.94. The molecule has 13 heavy (non-hydrogen) atoms. The fraction of sp³-hybridized carbons (Fsp3) is 0.333. The minimum atomic E-state index is -0.408. The Labute approximate surface area is 74.9 Å². The van der Waals surface area contributed by atoms with Crippen molar-refractivity contribution in [3.63, 3.8) is 0 Å². The number of fused-ring (bicyclic) bond motifs is 3. The zero-order chi connectivity index (χ0) is 8.84. The minimum absolute atomic E-state index is 0.408. The third-order valence-corrected chi connectivity index (χ3v) is 2.46. The van der Waals surface area contributed by atoms with Gasteiger partial charge in [-0.2, -0.15) is 0 Å². The topological polar surface area (TPSA) is 50.9 Å². The van der Waals surface area contributed by atoms with E-state index in [4.69, 9.17) is 0 Å². The molecule has 4 nitrogen and oxygen atoms in total. The molecule has 0 aromatic carbocycles. The van der Waals surface area contributed by atoms with Crippen LogP contribution in [0.15, 0.2) is 18.3 Å². The average molecular weight is 175 g/mol. The summed E-state index contributed by atoms with van der Waals surface area (Å²) in [7, 11) is 0. The molecule has 0 saturated heterocycles. The number of rotatable bonds is 0. The van der Waals surface area contributed by atoms with Crippen LogP contribution in [0.5, 0.6) is 0 Å². The van der Waals surface area contributed by atoms with Crippen molar-refractivity contribution in [1.29, 1.82) is 0 Å².